The smallest absolute Gasteiger partial charge is 0.283 e. The summed E-state index contributed by atoms with van der Waals surface area (Å²) in [6.45, 7) is 0. The lowest BCUT2D eigenvalue weighted by atomic mass is 10.3. The Kier molecular flexibility index (Phi) is 2.12. The Morgan fingerprint density at radius 2 is 2.45 bits per heavy atom. The molecule has 4 nitrogen and oxygen atoms in total. The van der Waals surface area contributed by atoms with Crippen LogP contribution in [-0.4, -0.2) is 10.9 Å². The molecule has 0 fully saturated rings. The van der Waals surface area contributed by atoms with Crippen LogP contribution >= 0.6 is 0 Å². The predicted molar refractivity (Wildman–Crippen MR) is 35.8 cm³/mol. The zero-order valence-electron chi connectivity index (χ0n) is 5.54. The van der Waals surface area contributed by atoms with Crippen LogP contribution in [-0.2, 0) is 0 Å². The highest BCUT2D eigenvalue weighted by Crippen LogP contribution is 1.97. The molecule has 0 bridgehead atoms. The number of nitrogens with two attached hydrogens (primary N) is 1. The van der Waals surface area contributed by atoms with Gasteiger partial charge >= 0.3 is 0 Å². The normalized spacial score (nSPS) is 9.27. The fraction of sp³-hybridized carbons (Fsp3) is 0. The van der Waals surface area contributed by atoms with Crippen LogP contribution < -0.4 is 11.3 Å². The molecule has 58 valence electrons. The molecule has 0 saturated heterocycles. The van der Waals surface area contributed by atoms with Crippen LogP contribution in [0.5, 0.6) is 0 Å². The van der Waals surface area contributed by atoms with E-state index in [1.54, 1.807) is 0 Å². The van der Waals surface area contributed by atoms with E-state index in [9.17, 15) is 9.18 Å². The molecule has 1 rings (SSSR count). The molecule has 0 spiro atoms. The van der Waals surface area contributed by atoms with Gasteiger partial charge < -0.3 is 0 Å². The van der Waals surface area contributed by atoms with E-state index < -0.39 is 11.7 Å². The van der Waals surface area contributed by atoms with Gasteiger partial charge in [0.1, 0.15) is 11.5 Å². The zero-order valence-corrected chi connectivity index (χ0v) is 5.54. The number of amides is 1. The molecular formula is C6H6FN3O. The van der Waals surface area contributed by atoms with E-state index in [0.29, 0.717) is 0 Å². The number of pyridine rings is 1. The Labute approximate surface area is 62.2 Å². The van der Waals surface area contributed by atoms with Crippen molar-refractivity contribution in [2.45, 2.75) is 0 Å². The van der Waals surface area contributed by atoms with Gasteiger partial charge in [0, 0.05) is 12.3 Å². The number of carbonyl (C=O) groups is 1. The lowest BCUT2D eigenvalue weighted by Gasteiger charge is -1.96. The van der Waals surface area contributed by atoms with Crippen molar-refractivity contribution in [2.24, 2.45) is 5.84 Å². The molecule has 0 aromatic carbocycles. The van der Waals surface area contributed by atoms with Crippen molar-refractivity contribution < 1.29 is 9.18 Å². The van der Waals surface area contributed by atoms with E-state index in [0.717, 1.165) is 12.1 Å². The molecule has 0 aliphatic carbocycles. The minimum Gasteiger partial charge on any atom is -0.289 e. The highest BCUT2D eigenvalue weighted by Gasteiger charge is 2.04. The van der Waals surface area contributed by atoms with Crippen molar-refractivity contribution in [1.29, 1.82) is 0 Å². The van der Waals surface area contributed by atoms with Gasteiger partial charge in [-0.05, 0) is 6.07 Å². The van der Waals surface area contributed by atoms with Gasteiger partial charge in [0.2, 0.25) is 0 Å². The first kappa shape index (κ1) is 7.62. The fourth-order valence-electron chi connectivity index (χ4n) is 0.603. The molecule has 0 saturated carbocycles. The van der Waals surface area contributed by atoms with Crippen LogP contribution in [0.1, 0.15) is 10.5 Å². The SMILES string of the molecule is NNC(=O)c1cc(F)ccn1. The molecular weight excluding hydrogens is 149 g/mol. The average molecular weight is 155 g/mol. The van der Waals surface area contributed by atoms with Crippen molar-refractivity contribution >= 4 is 5.91 Å². The van der Waals surface area contributed by atoms with Crippen molar-refractivity contribution in [2.75, 3.05) is 0 Å². The summed E-state index contributed by atoms with van der Waals surface area (Å²) < 4.78 is 12.4. The third-order valence-electron chi connectivity index (χ3n) is 1.09. The van der Waals surface area contributed by atoms with E-state index in [1.807, 2.05) is 5.43 Å². The molecule has 1 amide bonds. The maximum absolute atomic E-state index is 12.4. The van der Waals surface area contributed by atoms with Gasteiger partial charge in [-0.3, -0.25) is 15.2 Å². The van der Waals surface area contributed by atoms with Gasteiger partial charge in [0.15, 0.2) is 0 Å². The molecule has 3 N–H and O–H groups in total. The quantitative estimate of drug-likeness (QED) is 0.336. The summed E-state index contributed by atoms with van der Waals surface area (Å²) >= 11 is 0. The highest BCUT2D eigenvalue weighted by atomic mass is 19.1. The first-order chi connectivity index (χ1) is 5.24. The molecule has 0 aliphatic heterocycles. The molecule has 0 radical (unpaired) electrons. The second-order valence-electron chi connectivity index (χ2n) is 1.83. The number of aromatic nitrogens is 1. The summed E-state index contributed by atoms with van der Waals surface area (Å²) in [7, 11) is 0. The monoisotopic (exact) mass is 155 g/mol. The lowest BCUT2D eigenvalue weighted by Crippen LogP contribution is -2.30. The van der Waals surface area contributed by atoms with Gasteiger partial charge in [0.05, 0.1) is 0 Å². The number of halogens is 1. The number of nitrogens with zero attached hydrogens (tertiary/aromatic N) is 1. The van der Waals surface area contributed by atoms with Gasteiger partial charge in [-0.15, -0.1) is 0 Å². The molecule has 1 aromatic rings. The van der Waals surface area contributed by atoms with Crippen molar-refractivity contribution in [1.82, 2.24) is 10.4 Å². The third kappa shape index (κ3) is 1.71. The van der Waals surface area contributed by atoms with Gasteiger partial charge in [-0.25, -0.2) is 10.2 Å². The standard InChI is InChI=1S/C6H6FN3O/c7-4-1-2-9-5(3-4)6(11)10-8/h1-3H,8H2,(H,10,11). The molecule has 5 heteroatoms. The van der Waals surface area contributed by atoms with Crippen LogP contribution in [0.2, 0.25) is 0 Å². The number of hydrogen-bond acceptors (Lipinski definition) is 3. The number of nitrogen functional groups attached to an aromatic ring is 1. The largest absolute Gasteiger partial charge is 0.289 e. The van der Waals surface area contributed by atoms with Crippen molar-refractivity contribution in [3.05, 3.63) is 29.8 Å². The van der Waals surface area contributed by atoms with Crippen molar-refractivity contribution in [3.63, 3.8) is 0 Å². The lowest BCUT2D eigenvalue weighted by molar-refractivity contribution is 0.0948. The second-order valence-corrected chi connectivity index (χ2v) is 1.83. The maximum Gasteiger partial charge on any atom is 0.283 e. The molecule has 0 unspecified atom stereocenters. The number of hydrogen-bond donors (Lipinski definition) is 2. The van der Waals surface area contributed by atoms with Gasteiger partial charge in [0.25, 0.3) is 5.91 Å². The molecule has 1 heterocycles. The Hall–Kier alpha value is -1.49. The molecule has 1 aromatic heterocycles. The molecule has 0 aliphatic rings. The number of rotatable bonds is 1. The number of carbonyl (C=O) groups excluding carboxylic acids is 1. The summed E-state index contributed by atoms with van der Waals surface area (Å²) in [6, 6.07) is 2.15. The number of nitrogens with one attached hydrogen (secondary N) is 1. The Bertz CT molecular complexity index is 276. The average Bonchev–Trinajstić information content (AvgIpc) is 2.03. The van der Waals surface area contributed by atoms with Crippen LogP contribution in [0.3, 0.4) is 0 Å². The fourth-order valence-corrected chi connectivity index (χ4v) is 0.603. The first-order valence-electron chi connectivity index (χ1n) is 2.86. The summed E-state index contributed by atoms with van der Waals surface area (Å²) in [6.07, 6.45) is 1.19. The van der Waals surface area contributed by atoms with E-state index in [-0.39, 0.29) is 5.69 Å². The Morgan fingerprint density at radius 1 is 1.73 bits per heavy atom. The predicted octanol–water partition coefficient (Wildman–Crippen LogP) is -0.176. The minimum atomic E-state index is -0.607. The topological polar surface area (TPSA) is 68.0 Å². The Morgan fingerprint density at radius 3 is 3.00 bits per heavy atom. The van der Waals surface area contributed by atoms with E-state index in [4.69, 9.17) is 5.84 Å². The minimum absolute atomic E-state index is 0.0347. The van der Waals surface area contributed by atoms with E-state index in [2.05, 4.69) is 4.98 Å². The summed E-state index contributed by atoms with van der Waals surface area (Å²) in [5, 5.41) is 0. The van der Waals surface area contributed by atoms with Crippen LogP contribution in [0.25, 0.3) is 0 Å². The van der Waals surface area contributed by atoms with Crippen LogP contribution in [0.15, 0.2) is 18.3 Å². The molecule has 0 atom stereocenters. The zero-order chi connectivity index (χ0) is 8.27. The van der Waals surface area contributed by atoms with Crippen molar-refractivity contribution in [3.8, 4) is 0 Å². The summed E-state index contributed by atoms with van der Waals surface area (Å²) in [4.78, 5) is 14.3. The summed E-state index contributed by atoms with van der Waals surface area (Å²) in [5.74, 6) is 3.67. The van der Waals surface area contributed by atoms with E-state index >= 15 is 0 Å². The molecule has 11 heavy (non-hydrogen) atoms. The van der Waals surface area contributed by atoms with Crippen LogP contribution in [0, 0.1) is 5.82 Å². The van der Waals surface area contributed by atoms with Gasteiger partial charge in [-0.2, -0.15) is 0 Å². The second kappa shape index (κ2) is 3.07. The highest BCUT2D eigenvalue weighted by molar-refractivity contribution is 5.91. The number of hydrazine groups is 1. The van der Waals surface area contributed by atoms with Gasteiger partial charge in [-0.1, -0.05) is 0 Å². The maximum atomic E-state index is 12.4. The summed E-state index contributed by atoms with van der Waals surface area (Å²) in [5.41, 5.74) is 1.81. The van der Waals surface area contributed by atoms with E-state index in [1.165, 1.54) is 6.20 Å². The Balaban J connectivity index is 2.96. The van der Waals surface area contributed by atoms with Crippen LogP contribution in [0.4, 0.5) is 4.39 Å². The first-order valence-corrected chi connectivity index (χ1v) is 2.86. The third-order valence-corrected chi connectivity index (χ3v) is 1.09.